The van der Waals surface area contributed by atoms with E-state index in [1.165, 1.54) is 0 Å². The molecule has 2 saturated heterocycles. The van der Waals surface area contributed by atoms with Crippen molar-refractivity contribution in [3.63, 3.8) is 0 Å². The molecule has 0 atom stereocenters. The number of piperazine rings is 2. The summed E-state index contributed by atoms with van der Waals surface area (Å²) in [6.45, 7) is 7.48. The van der Waals surface area contributed by atoms with E-state index < -0.39 is 0 Å². The quantitative estimate of drug-likeness (QED) is 0.729. The minimum atomic E-state index is -0.0871. The Kier molecular flexibility index (Phi) is 4.94. The average molecular weight is 332 g/mol. The Morgan fingerprint density at radius 1 is 0.958 bits per heavy atom. The number of likely N-dealkylation sites (N-methyl/N-ethyl adjacent to an activating group) is 1. The molecule has 2 aliphatic rings. The predicted molar refractivity (Wildman–Crippen MR) is 89.9 cm³/mol. The molecule has 3 heterocycles. The highest BCUT2D eigenvalue weighted by Gasteiger charge is 2.25. The molecule has 0 spiro atoms. The fourth-order valence-electron chi connectivity index (χ4n) is 3.01. The Balaban J connectivity index is 1.65. The second-order valence-corrected chi connectivity index (χ2v) is 6.33. The zero-order valence-electron chi connectivity index (χ0n) is 14.3. The van der Waals surface area contributed by atoms with E-state index in [0.29, 0.717) is 37.8 Å². The predicted octanol–water partition coefficient (Wildman–Crippen LogP) is -0.467. The Labute approximate surface area is 142 Å². The van der Waals surface area contributed by atoms with Gasteiger partial charge in [0.15, 0.2) is 0 Å². The minimum absolute atomic E-state index is 0.0569. The zero-order chi connectivity index (χ0) is 17.1. The monoisotopic (exact) mass is 332 g/mol. The van der Waals surface area contributed by atoms with Crippen LogP contribution in [-0.2, 0) is 4.79 Å². The standard InChI is InChI=1S/C16H24N6O2/c1-13(23)20-9-11-21(12-10-20)15(24)14-3-4-17-16(18-14)22-7-5-19(2)6-8-22/h3-4H,5-12H2,1-2H3. The maximum atomic E-state index is 12.7. The van der Waals surface area contributed by atoms with Crippen molar-refractivity contribution in [2.75, 3.05) is 64.3 Å². The van der Waals surface area contributed by atoms with Gasteiger partial charge >= 0.3 is 0 Å². The lowest BCUT2D eigenvalue weighted by Crippen LogP contribution is -2.50. The summed E-state index contributed by atoms with van der Waals surface area (Å²) in [5.41, 5.74) is 0.426. The number of carbonyl (C=O) groups is 2. The van der Waals surface area contributed by atoms with Crippen molar-refractivity contribution in [1.29, 1.82) is 0 Å². The number of carbonyl (C=O) groups excluding carboxylic acids is 2. The largest absolute Gasteiger partial charge is 0.339 e. The first-order chi connectivity index (χ1) is 11.5. The van der Waals surface area contributed by atoms with Crippen LogP contribution in [0.15, 0.2) is 12.3 Å². The van der Waals surface area contributed by atoms with Gasteiger partial charge in [-0.15, -0.1) is 0 Å². The summed E-state index contributed by atoms with van der Waals surface area (Å²) in [6, 6.07) is 1.67. The molecule has 3 rings (SSSR count). The second kappa shape index (κ2) is 7.12. The number of hydrogen-bond donors (Lipinski definition) is 0. The van der Waals surface area contributed by atoms with Crippen LogP contribution in [0.4, 0.5) is 5.95 Å². The molecule has 1 aromatic rings. The lowest BCUT2D eigenvalue weighted by molar-refractivity contribution is -0.130. The first-order valence-electron chi connectivity index (χ1n) is 8.36. The lowest BCUT2D eigenvalue weighted by atomic mass is 10.2. The second-order valence-electron chi connectivity index (χ2n) is 6.33. The van der Waals surface area contributed by atoms with Crippen LogP contribution < -0.4 is 4.90 Å². The number of aromatic nitrogens is 2. The molecule has 2 fully saturated rings. The van der Waals surface area contributed by atoms with Crippen LogP contribution in [0, 0.1) is 0 Å². The van der Waals surface area contributed by atoms with Crippen LogP contribution >= 0.6 is 0 Å². The SMILES string of the molecule is CC(=O)N1CCN(C(=O)c2ccnc(N3CCN(C)CC3)n2)CC1. The van der Waals surface area contributed by atoms with Gasteiger partial charge in [-0.3, -0.25) is 9.59 Å². The third kappa shape index (κ3) is 3.64. The maximum absolute atomic E-state index is 12.7. The van der Waals surface area contributed by atoms with Gasteiger partial charge in [-0.05, 0) is 13.1 Å². The van der Waals surface area contributed by atoms with E-state index in [2.05, 4.69) is 26.8 Å². The highest BCUT2D eigenvalue weighted by molar-refractivity contribution is 5.92. The molecule has 8 nitrogen and oxygen atoms in total. The van der Waals surface area contributed by atoms with Crippen LogP contribution in [-0.4, -0.2) is 95.9 Å². The molecule has 130 valence electrons. The van der Waals surface area contributed by atoms with Crippen molar-refractivity contribution in [3.05, 3.63) is 18.0 Å². The van der Waals surface area contributed by atoms with Crippen molar-refractivity contribution >= 4 is 17.8 Å². The number of rotatable bonds is 2. The lowest BCUT2D eigenvalue weighted by Gasteiger charge is -2.34. The molecule has 0 N–H and O–H groups in total. The van der Waals surface area contributed by atoms with Crippen LogP contribution in [0.3, 0.4) is 0 Å². The molecule has 0 saturated carbocycles. The van der Waals surface area contributed by atoms with E-state index in [1.54, 1.807) is 29.0 Å². The Morgan fingerprint density at radius 3 is 2.21 bits per heavy atom. The van der Waals surface area contributed by atoms with E-state index >= 15 is 0 Å². The molecule has 0 radical (unpaired) electrons. The van der Waals surface area contributed by atoms with Crippen molar-refractivity contribution in [2.24, 2.45) is 0 Å². The highest BCUT2D eigenvalue weighted by atomic mass is 16.2. The summed E-state index contributed by atoms with van der Waals surface area (Å²) in [5, 5.41) is 0. The molecule has 0 aromatic carbocycles. The fraction of sp³-hybridized carbons (Fsp3) is 0.625. The Hall–Kier alpha value is -2.22. The first-order valence-corrected chi connectivity index (χ1v) is 8.36. The molecule has 0 unspecified atom stereocenters. The van der Waals surface area contributed by atoms with E-state index in [1.807, 2.05) is 0 Å². The molecule has 1 aromatic heterocycles. The summed E-state index contributed by atoms with van der Waals surface area (Å²) >= 11 is 0. The van der Waals surface area contributed by atoms with Gasteiger partial charge in [0.2, 0.25) is 11.9 Å². The van der Waals surface area contributed by atoms with E-state index in [4.69, 9.17) is 0 Å². The van der Waals surface area contributed by atoms with E-state index in [9.17, 15) is 9.59 Å². The third-order valence-electron chi connectivity index (χ3n) is 4.66. The molecule has 0 bridgehead atoms. The summed E-state index contributed by atoms with van der Waals surface area (Å²) in [6.07, 6.45) is 1.65. The summed E-state index contributed by atoms with van der Waals surface area (Å²) in [5.74, 6) is 0.591. The number of anilines is 1. The van der Waals surface area contributed by atoms with Gasteiger partial charge in [-0.2, -0.15) is 0 Å². The fourth-order valence-corrected chi connectivity index (χ4v) is 3.01. The summed E-state index contributed by atoms with van der Waals surface area (Å²) in [7, 11) is 2.10. The van der Waals surface area contributed by atoms with Gasteiger partial charge < -0.3 is 19.6 Å². The molecule has 2 amide bonds. The van der Waals surface area contributed by atoms with Crippen LogP contribution in [0.5, 0.6) is 0 Å². The van der Waals surface area contributed by atoms with E-state index in [0.717, 1.165) is 26.2 Å². The molecular formula is C16H24N6O2. The van der Waals surface area contributed by atoms with Crippen molar-refractivity contribution in [2.45, 2.75) is 6.92 Å². The highest BCUT2D eigenvalue weighted by Crippen LogP contribution is 2.13. The topological polar surface area (TPSA) is 72.9 Å². The number of amides is 2. The minimum Gasteiger partial charge on any atom is -0.339 e. The smallest absolute Gasteiger partial charge is 0.272 e. The van der Waals surface area contributed by atoms with Crippen molar-refractivity contribution in [1.82, 2.24) is 24.7 Å². The van der Waals surface area contributed by atoms with E-state index in [-0.39, 0.29) is 11.8 Å². The molecular weight excluding hydrogens is 308 g/mol. The molecule has 24 heavy (non-hydrogen) atoms. The van der Waals surface area contributed by atoms with Gasteiger partial charge in [-0.1, -0.05) is 0 Å². The maximum Gasteiger partial charge on any atom is 0.272 e. The zero-order valence-corrected chi connectivity index (χ0v) is 14.3. The van der Waals surface area contributed by atoms with Crippen molar-refractivity contribution in [3.8, 4) is 0 Å². The summed E-state index contributed by atoms with van der Waals surface area (Å²) < 4.78 is 0. The van der Waals surface area contributed by atoms with Gasteiger partial charge in [0.1, 0.15) is 5.69 Å². The Morgan fingerprint density at radius 2 is 1.58 bits per heavy atom. The van der Waals surface area contributed by atoms with Crippen LogP contribution in [0.1, 0.15) is 17.4 Å². The first kappa shape index (κ1) is 16.6. The number of nitrogens with zero attached hydrogens (tertiary/aromatic N) is 6. The van der Waals surface area contributed by atoms with Gasteiger partial charge in [-0.25, -0.2) is 9.97 Å². The number of hydrogen-bond acceptors (Lipinski definition) is 6. The van der Waals surface area contributed by atoms with Gasteiger partial charge in [0, 0.05) is 65.5 Å². The third-order valence-corrected chi connectivity index (χ3v) is 4.66. The van der Waals surface area contributed by atoms with Gasteiger partial charge in [0.25, 0.3) is 5.91 Å². The molecule has 0 aliphatic carbocycles. The van der Waals surface area contributed by atoms with Crippen LogP contribution in [0.2, 0.25) is 0 Å². The molecule has 8 heteroatoms. The van der Waals surface area contributed by atoms with Crippen LogP contribution in [0.25, 0.3) is 0 Å². The average Bonchev–Trinajstić information content (AvgIpc) is 2.62. The summed E-state index contributed by atoms with van der Waals surface area (Å²) in [4.78, 5) is 40.8. The normalized spacial score (nSPS) is 19.5. The Bertz CT molecular complexity index is 606. The molecule has 2 aliphatic heterocycles. The van der Waals surface area contributed by atoms with Crippen molar-refractivity contribution < 1.29 is 9.59 Å². The van der Waals surface area contributed by atoms with Gasteiger partial charge in [0.05, 0.1) is 0 Å².